The van der Waals surface area contributed by atoms with Crippen LogP contribution in [0, 0.1) is 0 Å². The van der Waals surface area contributed by atoms with Gasteiger partial charge in [0.1, 0.15) is 10.8 Å². The zero-order chi connectivity index (χ0) is 18.7. The first kappa shape index (κ1) is 18.7. The van der Waals surface area contributed by atoms with Crippen LogP contribution in [0.4, 0.5) is 0 Å². The molecular formula is C18H22ClN5OS. The van der Waals surface area contributed by atoms with Crippen LogP contribution in [-0.4, -0.2) is 23.0 Å². The smallest absolute Gasteiger partial charge is 0.213 e. The summed E-state index contributed by atoms with van der Waals surface area (Å²) in [5.74, 6) is 2.16. The highest BCUT2D eigenvalue weighted by atomic mass is 35.5. The summed E-state index contributed by atoms with van der Waals surface area (Å²) in [4.78, 5) is 13.1. The Morgan fingerprint density at radius 3 is 2.73 bits per heavy atom. The average molecular weight is 392 g/mol. The van der Waals surface area contributed by atoms with Gasteiger partial charge in [-0.1, -0.05) is 32.4 Å². The van der Waals surface area contributed by atoms with Gasteiger partial charge in [0.15, 0.2) is 5.96 Å². The summed E-state index contributed by atoms with van der Waals surface area (Å²) in [6.07, 6.45) is 1.78. The summed E-state index contributed by atoms with van der Waals surface area (Å²) in [5.41, 5.74) is 0.859. The molecular weight excluding hydrogens is 370 g/mol. The summed E-state index contributed by atoms with van der Waals surface area (Å²) in [6.45, 7) is 7.32. The molecule has 0 saturated heterocycles. The fourth-order valence-corrected chi connectivity index (χ4v) is 3.36. The van der Waals surface area contributed by atoms with E-state index in [4.69, 9.17) is 16.0 Å². The molecule has 1 aromatic carbocycles. The van der Waals surface area contributed by atoms with Crippen molar-refractivity contribution in [2.45, 2.75) is 39.3 Å². The predicted octanol–water partition coefficient (Wildman–Crippen LogP) is 4.10. The normalized spacial score (nSPS) is 12.6. The lowest BCUT2D eigenvalue weighted by Gasteiger charge is -2.13. The van der Waals surface area contributed by atoms with Gasteiger partial charge in [0.05, 0.1) is 29.5 Å². The Morgan fingerprint density at radius 2 is 2.04 bits per heavy atom. The summed E-state index contributed by atoms with van der Waals surface area (Å²) >= 11 is 7.65. The second kappa shape index (κ2) is 7.63. The first-order valence-electron chi connectivity index (χ1n) is 8.30. The van der Waals surface area contributed by atoms with Gasteiger partial charge in [0.2, 0.25) is 5.89 Å². The topological polar surface area (TPSA) is 75.3 Å². The average Bonchev–Trinajstić information content (AvgIpc) is 3.20. The number of rotatable bonds is 4. The zero-order valence-electron chi connectivity index (χ0n) is 15.3. The molecule has 0 bridgehead atoms. The number of guanidine groups is 1. The minimum atomic E-state index is -0.0546. The van der Waals surface area contributed by atoms with Crippen LogP contribution in [-0.2, 0) is 18.5 Å². The van der Waals surface area contributed by atoms with Gasteiger partial charge >= 0.3 is 0 Å². The third-order valence-corrected chi connectivity index (χ3v) is 5.00. The number of fused-ring (bicyclic) bond motifs is 1. The number of aliphatic imine (C=N–C) groups is 1. The number of benzene rings is 1. The largest absolute Gasteiger partial charge is 0.443 e. The molecule has 0 amide bonds. The van der Waals surface area contributed by atoms with Gasteiger partial charge < -0.3 is 15.1 Å². The molecule has 0 radical (unpaired) electrons. The summed E-state index contributed by atoms with van der Waals surface area (Å²) in [6, 6.07) is 5.74. The van der Waals surface area contributed by atoms with Crippen LogP contribution >= 0.6 is 22.9 Å². The van der Waals surface area contributed by atoms with Crippen molar-refractivity contribution in [3.8, 4) is 0 Å². The molecule has 0 unspecified atom stereocenters. The van der Waals surface area contributed by atoms with E-state index in [0.717, 1.165) is 21.0 Å². The Labute approximate surface area is 161 Å². The van der Waals surface area contributed by atoms with Gasteiger partial charge in [-0.15, -0.1) is 11.3 Å². The van der Waals surface area contributed by atoms with Crippen molar-refractivity contribution in [3.63, 3.8) is 0 Å². The van der Waals surface area contributed by atoms with Crippen LogP contribution in [0.15, 0.2) is 33.8 Å². The van der Waals surface area contributed by atoms with E-state index in [2.05, 4.69) is 46.4 Å². The Kier molecular flexibility index (Phi) is 5.48. The molecule has 0 spiro atoms. The molecule has 0 aliphatic rings. The SMILES string of the molecule is CN=C(NCc1ncc(C(C)(C)C)o1)NCc1nc2cc(Cl)ccc2s1. The maximum atomic E-state index is 6.01. The fraction of sp³-hybridized carbons (Fsp3) is 0.389. The Balaban J connectivity index is 1.56. The first-order valence-corrected chi connectivity index (χ1v) is 9.49. The van der Waals surface area contributed by atoms with Crippen molar-refractivity contribution < 1.29 is 4.42 Å². The summed E-state index contributed by atoms with van der Waals surface area (Å²) in [7, 11) is 1.73. The molecule has 0 fully saturated rings. The molecule has 26 heavy (non-hydrogen) atoms. The quantitative estimate of drug-likeness (QED) is 0.517. The Hall–Kier alpha value is -2.12. The monoisotopic (exact) mass is 391 g/mol. The van der Waals surface area contributed by atoms with Gasteiger partial charge in [-0.3, -0.25) is 4.99 Å². The van der Waals surface area contributed by atoms with Gasteiger partial charge in [-0.2, -0.15) is 0 Å². The van der Waals surface area contributed by atoms with Crippen LogP contribution in [0.3, 0.4) is 0 Å². The van der Waals surface area contributed by atoms with Gasteiger partial charge in [-0.25, -0.2) is 9.97 Å². The third-order valence-electron chi connectivity index (χ3n) is 3.72. The highest BCUT2D eigenvalue weighted by molar-refractivity contribution is 7.18. The van der Waals surface area contributed by atoms with Crippen molar-refractivity contribution in [3.05, 3.63) is 46.1 Å². The molecule has 0 saturated carbocycles. The highest BCUT2D eigenvalue weighted by Gasteiger charge is 2.19. The van der Waals surface area contributed by atoms with Gasteiger partial charge in [-0.05, 0) is 18.2 Å². The lowest BCUT2D eigenvalue weighted by Crippen LogP contribution is -2.36. The second-order valence-corrected chi connectivity index (χ2v) is 8.42. The van der Waals surface area contributed by atoms with E-state index in [1.807, 2.05) is 18.2 Å². The van der Waals surface area contributed by atoms with E-state index in [9.17, 15) is 0 Å². The van der Waals surface area contributed by atoms with Crippen LogP contribution in [0.1, 0.15) is 37.4 Å². The van der Waals surface area contributed by atoms with E-state index in [-0.39, 0.29) is 5.41 Å². The zero-order valence-corrected chi connectivity index (χ0v) is 16.8. The van der Waals surface area contributed by atoms with Crippen LogP contribution < -0.4 is 10.6 Å². The molecule has 2 N–H and O–H groups in total. The molecule has 138 valence electrons. The minimum Gasteiger partial charge on any atom is -0.443 e. The van der Waals surface area contributed by atoms with Crippen molar-refractivity contribution in [1.82, 2.24) is 20.6 Å². The summed E-state index contributed by atoms with van der Waals surface area (Å²) < 4.78 is 6.89. The maximum Gasteiger partial charge on any atom is 0.213 e. The van der Waals surface area contributed by atoms with Gasteiger partial charge in [0, 0.05) is 17.5 Å². The number of halogens is 1. The van der Waals surface area contributed by atoms with Crippen molar-refractivity contribution in [2.75, 3.05) is 7.05 Å². The number of hydrogen-bond donors (Lipinski definition) is 2. The molecule has 8 heteroatoms. The maximum absolute atomic E-state index is 6.01. The van der Waals surface area contributed by atoms with E-state index in [1.165, 1.54) is 0 Å². The molecule has 0 aliphatic carbocycles. The van der Waals surface area contributed by atoms with Crippen LogP contribution in [0.25, 0.3) is 10.2 Å². The number of hydrogen-bond acceptors (Lipinski definition) is 5. The van der Waals surface area contributed by atoms with Crippen LogP contribution in [0.5, 0.6) is 0 Å². The van der Waals surface area contributed by atoms with E-state index in [1.54, 1.807) is 24.6 Å². The Bertz CT molecular complexity index is 925. The lowest BCUT2D eigenvalue weighted by molar-refractivity contribution is 0.379. The molecule has 0 atom stereocenters. The fourth-order valence-electron chi connectivity index (χ4n) is 2.30. The predicted molar refractivity (Wildman–Crippen MR) is 107 cm³/mol. The summed E-state index contributed by atoms with van der Waals surface area (Å²) in [5, 5.41) is 8.12. The second-order valence-electron chi connectivity index (χ2n) is 6.87. The number of thiazole rings is 1. The van der Waals surface area contributed by atoms with Crippen molar-refractivity contribution >= 4 is 39.1 Å². The third kappa shape index (κ3) is 4.53. The lowest BCUT2D eigenvalue weighted by atomic mass is 9.94. The molecule has 0 aliphatic heterocycles. The number of oxazole rings is 1. The van der Waals surface area contributed by atoms with Gasteiger partial charge in [0.25, 0.3) is 0 Å². The highest BCUT2D eigenvalue weighted by Crippen LogP contribution is 2.25. The molecule has 6 nitrogen and oxygen atoms in total. The van der Waals surface area contributed by atoms with E-state index < -0.39 is 0 Å². The number of nitrogens with one attached hydrogen (secondary N) is 2. The Morgan fingerprint density at radius 1 is 1.27 bits per heavy atom. The first-order chi connectivity index (χ1) is 12.3. The molecule has 2 heterocycles. The van der Waals surface area contributed by atoms with Crippen molar-refractivity contribution in [2.24, 2.45) is 4.99 Å². The number of aromatic nitrogens is 2. The standard InChI is InChI=1S/C18H22ClN5OS/c1-18(2,3)14-8-21-15(25-14)9-22-17(20-4)23-10-16-24-12-7-11(19)5-6-13(12)26-16/h5-8H,9-10H2,1-4H3,(H2,20,22,23). The molecule has 3 aromatic rings. The molecule has 2 aromatic heterocycles. The van der Waals surface area contributed by atoms with Crippen LogP contribution in [0.2, 0.25) is 5.02 Å². The number of nitrogens with zero attached hydrogens (tertiary/aromatic N) is 3. The van der Waals surface area contributed by atoms with E-state index >= 15 is 0 Å². The molecule has 3 rings (SSSR count). The van der Waals surface area contributed by atoms with Crippen molar-refractivity contribution in [1.29, 1.82) is 0 Å². The van der Waals surface area contributed by atoms with E-state index in [0.29, 0.717) is 30.0 Å². The minimum absolute atomic E-state index is 0.0546.